The summed E-state index contributed by atoms with van der Waals surface area (Å²) >= 11 is 1.65. The number of aromatic nitrogens is 2. The maximum atomic E-state index is 13.0. The van der Waals surface area contributed by atoms with E-state index in [0.29, 0.717) is 11.7 Å². The number of rotatable bonds is 3. The predicted octanol–water partition coefficient (Wildman–Crippen LogP) is 3.31. The van der Waals surface area contributed by atoms with E-state index in [-0.39, 0.29) is 24.2 Å². The normalized spacial score (nSPS) is 24.1. The Hall–Kier alpha value is -1.34. The number of nitrogens with one attached hydrogen (secondary N) is 1. The van der Waals surface area contributed by atoms with Gasteiger partial charge in [-0.2, -0.15) is 16.3 Å². The second-order valence-electron chi connectivity index (χ2n) is 6.26. The van der Waals surface area contributed by atoms with Gasteiger partial charge in [-0.05, 0) is 48.3 Å². The first-order chi connectivity index (χ1) is 10.6. The topological polar surface area (TPSA) is 51.0 Å². The molecule has 0 amide bonds. The van der Waals surface area contributed by atoms with Gasteiger partial charge in [0, 0.05) is 18.8 Å². The lowest BCUT2D eigenvalue weighted by Crippen LogP contribution is -2.41. The Morgan fingerprint density at radius 1 is 1.27 bits per heavy atom. The van der Waals surface area contributed by atoms with E-state index in [2.05, 4.69) is 26.9 Å². The van der Waals surface area contributed by atoms with Crippen molar-refractivity contribution in [1.29, 1.82) is 0 Å². The zero-order chi connectivity index (χ0) is 15.2. The fraction of sp³-hybridized carbons (Fsp3) is 0.600. The van der Waals surface area contributed by atoms with Crippen LogP contribution >= 0.6 is 11.3 Å². The predicted molar refractivity (Wildman–Crippen MR) is 78.4 cm³/mol. The van der Waals surface area contributed by atoms with Crippen LogP contribution in [0, 0.1) is 0 Å². The molecule has 0 radical (unpaired) electrons. The Balaban J connectivity index is 1.65. The fourth-order valence-corrected chi connectivity index (χ4v) is 4.22. The van der Waals surface area contributed by atoms with Crippen LogP contribution in [0.25, 0.3) is 0 Å². The first kappa shape index (κ1) is 14.3. The molecule has 0 aromatic carbocycles. The van der Waals surface area contributed by atoms with E-state index >= 15 is 0 Å². The molecule has 1 saturated carbocycles. The van der Waals surface area contributed by atoms with Crippen LogP contribution in [0.3, 0.4) is 0 Å². The van der Waals surface area contributed by atoms with Crippen LogP contribution in [0.2, 0.25) is 0 Å². The molecule has 1 saturated heterocycles. The summed E-state index contributed by atoms with van der Waals surface area (Å²) in [5, 5.41) is 11.7. The average molecular weight is 325 g/mol. The molecule has 22 heavy (non-hydrogen) atoms. The van der Waals surface area contributed by atoms with Crippen molar-refractivity contribution in [3.05, 3.63) is 34.1 Å². The molecular formula is C15H17F2N3OS. The van der Waals surface area contributed by atoms with Crippen LogP contribution < -0.4 is 5.32 Å². The number of piperidine rings is 1. The number of nitrogens with zero attached hydrogens (tertiary/aromatic N) is 2. The number of thiophene rings is 1. The van der Waals surface area contributed by atoms with Gasteiger partial charge >= 0.3 is 0 Å². The summed E-state index contributed by atoms with van der Waals surface area (Å²) in [5.74, 6) is -1.84. The van der Waals surface area contributed by atoms with Gasteiger partial charge in [-0.3, -0.25) is 0 Å². The molecule has 2 aromatic heterocycles. The van der Waals surface area contributed by atoms with Crippen LogP contribution in [0.5, 0.6) is 0 Å². The molecule has 2 aliphatic rings. The van der Waals surface area contributed by atoms with Crippen LogP contribution in [-0.2, 0) is 5.41 Å². The Labute approximate surface area is 130 Å². The van der Waals surface area contributed by atoms with Crippen molar-refractivity contribution < 1.29 is 13.3 Å². The van der Waals surface area contributed by atoms with Gasteiger partial charge in [0.25, 0.3) is 0 Å². The van der Waals surface area contributed by atoms with Gasteiger partial charge in [-0.1, -0.05) is 5.16 Å². The Morgan fingerprint density at radius 2 is 2.05 bits per heavy atom. The fourth-order valence-electron chi connectivity index (χ4n) is 3.46. The summed E-state index contributed by atoms with van der Waals surface area (Å²) in [6, 6.07) is 2.10. The minimum absolute atomic E-state index is 0.179. The summed E-state index contributed by atoms with van der Waals surface area (Å²) in [5.41, 5.74) is 0.949. The van der Waals surface area contributed by atoms with Gasteiger partial charge in [0.1, 0.15) is 0 Å². The second-order valence-corrected chi connectivity index (χ2v) is 7.04. The van der Waals surface area contributed by atoms with E-state index in [9.17, 15) is 8.78 Å². The number of halogens is 2. The van der Waals surface area contributed by atoms with Crippen molar-refractivity contribution in [3.8, 4) is 0 Å². The summed E-state index contributed by atoms with van der Waals surface area (Å²) in [6.07, 6.45) is 1.43. The molecule has 4 nitrogen and oxygen atoms in total. The summed E-state index contributed by atoms with van der Waals surface area (Å²) in [7, 11) is 0. The third-order valence-corrected chi connectivity index (χ3v) is 5.52. The first-order valence-corrected chi connectivity index (χ1v) is 8.49. The maximum absolute atomic E-state index is 13.0. The highest BCUT2D eigenvalue weighted by molar-refractivity contribution is 7.08. The quantitative estimate of drug-likeness (QED) is 0.940. The largest absolute Gasteiger partial charge is 0.339 e. The van der Waals surface area contributed by atoms with Gasteiger partial charge in [-0.25, -0.2) is 8.78 Å². The van der Waals surface area contributed by atoms with E-state index in [1.807, 2.05) is 5.38 Å². The molecule has 3 heterocycles. The molecular weight excluding hydrogens is 308 g/mol. The van der Waals surface area contributed by atoms with E-state index in [1.165, 1.54) is 5.56 Å². The van der Waals surface area contributed by atoms with Crippen LogP contribution in [0.1, 0.15) is 48.9 Å². The van der Waals surface area contributed by atoms with Crippen molar-refractivity contribution >= 4 is 11.3 Å². The molecule has 7 heteroatoms. The zero-order valence-corrected chi connectivity index (χ0v) is 12.8. The standard InChI is InChI=1S/C15H17F2N3OS/c16-15(17)7-10(8-15)12-19-13(20-21-12)14(2-4-18-5-3-14)11-1-6-22-9-11/h1,6,9-10,18H,2-5,7-8H2. The zero-order valence-electron chi connectivity index (χ0n) is 12.0. The SMILES string of the molecule is FC1(F)CC(c2nc(C3(c4ccsc4)CCNCC3)no2)C1. The van der Waals surface area contributed by atoms with Crippen LogP contribution in [0.15, 0.2) is 21.3 Å². The van der Waals surface area contributed by atoms with E-state index in [0.717, 1.165) is 25.9 Å². The highest BCUT2D eigenvalue weighted by Crippen LogP contribution is 2.48. The molecule has 1 aliphatic heterocycles. The van der Waals surface area contributed by atoms with Gasteiger partial charge in [0.05, 0.1) is 5.41 Å². The van der Waals surface area contributed by atoms with Crippen molar-refractivity contribution in [3.63, 3.8) is 0 Å². The third-order valence-electron chi connectivity index (χ3n) is 4.84. The van der Waals surface area contributed by atoms with Crippen molar-refractivity contribution in [2.24, 2.45) is 0 Å². The van der Waals surface area contributed by atoms with E-state index in [4.69, 9.17) is 4.52 Å². The van der Waals surface area contributed by atoms with Gasteiger partial charge in [0.2, 0.25) is 11.8 Å². The van der Waals surface area contributed by atoms with Gasteiger partial charge in [-0.15, -0.1) is 0 Å². The van der Waals surface area contributed by atoms with E-state index in [1.54, 1.807) is 11.3 Å². The highest BCUT2D eigenvalue weighted by Gasteiger charge is 2.49. The lowest BCUT2D eigenvalue weighted by Gasteiger charge is -2.34. The Morgan fingerprint density at radius 3 is 2.68 bits per heavy atom. The van der Waals surface area contributed by atoms with Crippen molar-refractivity contribution in [2.75, 3.05) is 13.1 Å². The summed E-state index contributed by atoms with van der Waals surface area (Å²) in [6.45, 7) is 1.78. The monoisotopic (exact) mass is 325 g/mol. The van der Waals surface area contributed by atoms with Crippen LogP contribution in [0.4, 0.5) is 8.78 Å². The molecule has 118 valence electrons. The molecule has 0 spiro atoms. The first-order valence-electron chi connectivity index (χ1n) is 7.54. The second kappa shape index (κ2) is 5.09. The van der Waals surface area contributed by atoms with Gasteiger partial charge < -0.3 is 9.84 Å². The van der Waals surface area contributed by atoms with Crippen LogP contribution in [-0.4, -0.2) is 29.2 Å². The molecule has 1 N–H and O–H groups in total. The summed E-state index contributed by atoms with van der Waals surface area (Å²) < 4.78 is 31.4. The molecule has 0 atom stereocenters. The third kappa shape index (κ3) is 2.27. The average Bonchev–Trinajstić information content (AvgIpc) is 3.17. The summed E-state index contributed by atoms with van der Waals surface area (Å²) in [4.78, 5) is 4.52. The maximum Gasteiger partial charge on any atom is 0.249 e. The smallest absolute Gasteiger partial charge is 0.249 e. The minimum atomic E-state index is -2.57. The molecule has 2 fully saturated rings. The lowest BCUT2D eigenvalue weighted by molar-refractivity contribution is -0.0925. The lowest BCUT2D eigenvalue weighted by atomic mass is 9.73. The van der Waals surface area contributed by atoms with E-state index < -0.39 is 5.92 Å². The number of hydrogen-bond donors (Lipinski definition) is 1. The Kier molecular flexibility index (Phi) is 3.30. The highest BCUT2D eigenvalue weighted by atomic mass is 32.1. The molecule has 2 aromatic rings. The molecule has 1 aliphatic carbocycles. The molecule has 4 rings (SSSR count). The van der Waals surface area contributed by atoms with Crippen molar-refractivity contribution in [1.82, 2.24) is 15.5 Å². The van der Waals surface area contributed by atoms with Gasteiger partial charge in [0.15, 0.2) is 5.82 Å². The minimum Gasteiger partial charge on any atom is -0.339 e. The molecule has 0 bridgehead atoms. The Bertz CT molecular complexity index is 642. The number of hydrogen-bond acceptors (Lipinski definition) is 5. The van der Waals surface area contributed by atoms with Crippen molar-refractivity contribution in [2.45, 2.75) is 42.9 Å². The number of alkyl halides is 2. The molecule has 0 unspecified atom stereocenters.